The summed E-state index contributed by atoms with van der Waals surface area (Å²) < 4.78 is 20.4. The van der Waals surface area contributed by atoms with E-state index in [1.54, 1.807) is 17.0 Å². The molecule has 0 spiro atoms. The molecule has 27 heavy (non-hydrogen) atoms. The molecule has 3 rings (SSSR count). The minimum Gasteiger partial charge on any atom is -0.492 e. The topological polar surface area (TPSA) is 70.1 Å². The molecule has 0 fully saturated rings. The number of para-hydroxylation sites is 1. The Morgan fingerprint density at radius 3 is 2.81 bits per heavy atom. The highest BCUT2D eigenvalue weighted by molar-refractivity contribution is 5.95. The zero-order chi connectivity index (χ0) is 19.1. The normalized spacial score (nSPS) is 11.0. The second-order valence-corrected chi connectivity index (χ2v) is 6.02. The van der Waals surface area contributed by atoms with Crippen molar-refractivity contribution in [2.75, 3.05) is 12.3 Å². The van der Waals surface area contributed by atoms with E-state index in [1.807, 2.05) is 36.5 Å². The summed E-state index contributed by atoms with van der Waals surface area (Å²) in [6.45, 7) is 1.10. The van der Waals surface area contributed by atoms with Crippen molar-refractivity contribution in [2.45, 2.75) is 13.0 Å². The molecule has 0 unspecified atom stereocenters. The van der Waals surface area contributed by atoms with Gasteiger partial charge in [0.2, 0.25) is 0 Å². The first kappa shape index (κ1) is 18.4. The van der Waals surface area contributed by atoms with E-state index in [2.05, 4.69) is 5.10 Å². The molecule has 138 valence electrons. The highest BCUT2D eigenvalue weighted by atomic mass is 19.1. The lowest BCUT2D eigenvalue weighted by molar-refractivity contribution is -0.113. The lowest BCUT2D eigenvalue weighted by Gasteiger charge is -2.05. The molecular formula is C21H20FN3O2. The van der Waals surface area contributed by atoms with Gasteiger partial charge < -0.3 is 10.5 Å². The van der Waals surface area contributed by atoms with Gasteiger partial charge >= 0.3 is 0 Å². The van der Waals surface area contributed by atoms with Crippen LogP contribution in [0.1, 0.15) is 11.1 Å². The minimum atomic E-state index is -0.414. The Bertz CT molecular complexity index is 936. The molecule has 2 N–H and O–H groups in total. The molecule has 0 bridgehead atoms. The summed E-state index contributed by atoms with van der Waals surface area (Å²) in [5.74, 6) is 0.284. The number of benzene rings is 2. The van der Waals surface area contributed by atoms with E-state index in [0.717, 1.165) is 11.3 Å². The fourth-order valence-corrected chi connectivity index (χ4v) is 2.52. The quantitative estimate of drug-likeness (QED) is 0.490. The SMILES string of the molecule is Nc1cc(F)ccc1CC(=O)/C=C/c1cnn(CCOc2ccccc2)c1. The van der Waals surface area contributed by atoms with Gasteiger partial charge in [-0.3, -0.25) is 9.48 Å². The summed E-state index contributed by atoms with van der Waals surface area (Å²) in [4.78, 5) is 12.1. The Hall–Kier alpha value is -3.41. The van der Waals surface area contributed by atoms with Gasteiger partial charge in [0.1, 0.15) is 18.2 Å². The third-order valence-corrected chi connectivity index (χ3v) is 3.92. The van der Waals surface area contributed by atoms with Crippen molar-refractivity contribution < 1.29 is 13.9 Å². The summed E-state index contributed by atoms with van der Waals surface area (Å²) in [7, 11) is 0. The Kier molecular flexibility index (Phi) is 5.99. The highest BCUT2D eigenvalue weighted by Gasteiger charge is 2.05. The number of allylic oxidation sites excluding steroid dienone is 1. The largest absolute Gasteiger partial charge is 0.492 e. The maximum atomic E-state index is 13.0. The molecule has 0 aliphatic rings. The van der Waals surface area contributed by atoms with E-state index >= 15 is 0 Å². The number of anilines is 1. The van der Waals surface area contributed by atoms with Crippen LogP contribution in [0.15, 0.2) is 67.0 Å². The number of rotatable bonds is 8. The number of halogens is 1. The number of carbonyl (C=O) groups is 1. The van der Waals surface area contributed by atoms with Gasteiger partial charge in [0.05, 0.1) is 12.7 Å². The molecule has 6 heteroatoms. The van der Waals surface area contributed by atoms with E-state index < -0.39 is 5.82 Å². The summed E-state index contributed by atoms with van der Waals surface area (Å²) >= 11 is 0. The van der Waals surface area contributed by atoms with Crippen molar-refractivity contribution in [3.63, 3.8) is 0 Å². The smallest absolute Gasteiger partial charge is 0.160 e. The first-order chi connectivity index (χ1) is 13.1. The number of ether oxygens (including phenoxy) is 1. The van der Waals surface area contributed by atoms with Crippen LogP contribution in [0.5, 0.6) is 5.75 Å². The van der Waals surface area contributed by atoms with Gasteiger partial charge in [-0.2, -0.15) is 5.10 Å². The second-order valence-electron chi connectivity index (χ2n) is 6.02. The van der Waals surface area contributed by atoms with Crippen molar-refractivity contribution in [3.05, 3.63) is 83.9 Å². The summed E-state index contributed by atoms with van der Waals surface area (Å²) in [5, 5.41) is 4.25. The van der Waals surface area contributed by atoms with Crippen LogP contribution in [-0.4, -0.2) is 22.2 Å². The van der Waals surface area contributed by atoms with Crippen LogP contribution < -0.4 is 10.5 Å². The van der Waals surface area contributed by atoms with Crippen molar-refractivity contribution in [2.24, 2.45) is 0 Å². The van der Waals surface area contributed by atoms with Crippen LogP contribution >= 0.6 is 0 Å². The molecule has 0 saturated heterocycles. The molecule has 1 heterocycles. The second kappa shape index (κ2) is 8.80. The first-order valence-corrected chi connectivity index (χ1v) is 8.55. The van der Waals surface area contributed by atoms with E-state index in [1.165, 1.54) is 24.3 Å². The van der Waals surface area contributed by atoms with Crippen molar-refractivity contribution in [1.82, 2.24) is 9.78 Å². The summed E-state index contributed by atoms with van der Waals surface area (Å²) in [6.07, 6.45) is 6.82. The lowest BCUT2D eigenvalue weighted by Crippen LogP contribution is -2.08. The van der Waals surface area contributed by atoms with Crippen LogP contribution in [0.25, 0.3) is 6.08 Å². The zero-order valence-electron chi connectivity index (χ0n) is 14.7. The van der Waals surface area contributed by atoms with Crippen LogP contribution in [0.4, 0.5) is 10.1 Å². The van der Waals surface area contributed by atoms with Gasteiger partial charge in [0.15, 0.2) is 5.78 Å². The first-order valence-electron chi connectivity index (χ1n) is 8.55. The average molecular weight is 365 g/mol. The molecule has 0 aliphatic heterocycles. The van der Waals surface area contributed by atoms with Crippen LogP contribution in [-0.2, 0) is 17.8 Å². The predicted molar refractivity (Wildman–Crippen MR) is 103 cm³/mol. The van der Waals surface area contributed by atoms with Gasteiger partial charge in [-0.15, -0.1) is 0 Å². The predicted octanol–water partition coefficient (Wildman–Crippen LogP) is 3.51. The maximum Gasteiger partial charge on any atom is 0.160 e. The van der Waals surface area contributed by atoms with Gasteiger partial charge in [-0.1, -0.05) is 24.3 Å². The van der Waals surface area contributed by atoms with E-state index in [-0.39, 0.29) is 17.9 Å². The van der Waals surface area contributed by atoms with Gasteiger partial charge in [0.25, 0.3) is 0 Å². The molecule has 0 aliphatic carbocycles. The third kappa shape index (κ3) is 5.54. The van der Waals surface area contributed by atoms with Gasteiger partial charge in [0, 0.05) is 23.9 Å². The number of hydrogen-bond donors (Lipinski definition) is 1. The van der Waals surface area contributed by atoms with E-state index in [0.29, 0.717) is 18.7 Å². The molecular weight excluding hydrogens is 345 g/mol. The third-order valence-electron chi connectivity index (χ3n) is 3.92. The minimum absolute atomic E-state index is 0.117. The Morgan fingerprint density at radius 2 is 2.04 bits per heavy atom. The molecule has 1 aromatic heterocycles. The number of nitrogens with two attached hydrogens (primary N) is 1. The molecule has 2 aromatic carbocycles. The molecule has 0 radical (unpaired) electrons. The number of hydrogen-bond acceptors (Lipinski definition) is 4. The Labute approximate surface area is 156 Å². The van der Waals surface area contributed by atoms with E-state index in [4.69, 9.17) is 10.5 Å². The average Bonchev–Trinajstić information content (AvgIpc) is 3.11. The zero-order valence-corrected chi connectivity index (χ0v) is 14.7. The number of nitrogen functional groups attached to an aromatic ring is 1. The van der Waals surface area contributed by atoms with Crippen LogP contribution in [0, 0.1) is 5.82 Å². The van der Waals surface area contributed by atoms with Gasteiger partial charge in [-0.05, 0) is 42.0 Å². The molecule has 0 atom stereocenters. The van der Waals surface area contributed by atoms with Gasteiger partial charge in [-0.25, -0.2) is 4.39 Å². The lowest BCUT2D eigenvalue weighted by atomic mass is 10.1. The van der Waals surface area contributed by atoms with Crippen LogP contribution in [0.2, 0.25) is 0 Å². The fraction of sp³-hybridized carbons (Fsp3) is 0.143. The van der Waals surface area contributed by atoms with E-state index in [9.17, 15) is 9.18 Å². The van der Waals surface area contributed by atoms with Crippen molar-refractivity contribution in [1.29, 1.82) is 0 Å². The molecule has 0 amide bonds. The molecule has 3 aromatic rings. The fourth-order valence-electron chi connectivity index (χ4n) is 2.52. The molecule has 0 saturated carbocycles. The maximum absolute atomic E-state index is 13.0. The summed E-state index contributed by atoms with van der Waals surface area (Å²) in [5.41, 5.74) is 7.43. The number of aromatic nitrogens is 2. The number of nitrogens with zero attached hydrogens (tertiary/aromatic N) is 2. The Balaban J connectivity index is 1.49. The van der Waals surface area contributed by atoms with Crippen LogP contribution in [0.3, 0.4) is 0 Å². The highest BCUT2D eigenvalue weighted by Crippen LogP contribution is 2.15. The van der Waals surface area contributed by atoms with Crippen molar-refractivity contribution >= 4 is 17.5 Å². The summed E-state index contributed by atoms with van der Waals surface area (Å²) in [6, 6.07) is 13.6. The molecule has 5 nitrogen and oxygen atoms in total. The monoisotopic (exact) mass is 365 g/mol. The standard InChI is InChI=1S/C21H20FN3O2/c22-18-8-7-17(21(23)13-18)12-19(26)9-6-16-14-24-25(15-16)10-11-27-20-4-2-1-3-5-20/h1-9,13-15H,10-12,23H2/b9-6+. The number of carbonyl (C=O) groups excluding carboxylic acids is 1. The Morgan fingerprint density at radius 1 is 1.22 bits per heavy atom. The van der Waals surface area contributed by atoms with Crippen molar-refractivity contribution in [3.8, 4) is 5.75 Å². The number of ketones is 1.